The zero-order chi connectivity index (χ0) is 10.7. The van der Waals surface area contributed by atoms with Crippen molar-refractivity contribution in [3.63, 3.8) is 0 Å². The van der Waals surface area contributed by atoms with Gasteiger partial charge in [-0.15, -0.1) is 0 Å². The third-order valence-electron chi connectivity index (χ3n) is 1.60. The Labute approximate surface area is 84.6 Å². The molecule has 0 unspecified atom stereocenters. The summed E-state index contributed by atoms with van der Waals surface area (Å²) in [5.74, 6) is -0.477. The highest BCUT2D eigenvalue weighted by Gasteiger charge is 2.19. The van der Waals surface area contributed by atoms with Crippen LogP contribution in [-0.2, 0) is 11.3 Å². The molecule has 0 spiro atoms. The van der Waals surface area contributed by atoms with Crippen molar-refractivity contribution in [2.24, 2.45) is 0 Å². The van der Waals surface area contributed by atoms with E-state index in [0.29, 0.717) is 6.42 Å². The van der Waals surface area contributed by atoms with Gasteiger partial charge in [0.05, 0.1) is 11.3 Å². The number of hydrogen-bond acceptors (Lipinski definition) is 4. The summed E-state index contributed by atoms with van der Waals surface area (Å²) in [4.78, 5) is 20.7. The summed E-state index contributed by atoms with van der Waals surface area (Å²) in [6.45, 7) is 1.73. The molecule has 0 aliphatic heterocycles. The van der Waals surface area contributed by atoms with Crippen LogP contribution in [0.1, 0.15) is 13.3 Å². The van der Waals surface area contributed by atoms with Gasteiger partial charge in [-0.05, 0) is 4.92 Å². The largest absolute Gasteiger partial charge is 0.408 e. The van der Waals surface area contributed by atoms with E-state index in [4.69, 9.17) is 11.6 Å². The second-order valence-corrected chi connectivity index (χ2v) is 3.05. The molecule has 0 saturated heterocycles. The lowest BCUT2D eigenvalue weighted by atomic mass is 10.3. The summed E-state index contributed by atoms with van der Waals surface area (Å²) < 4.78 is 1.17. The highest BCUT2D eigenvalue weighted by molar-refractivity contribution is 6.32. The van der Waals surface area contributed by atoms with Gasteiger partial charge >= 0.3 is 5.82 Å². The monoisotopic (exact) mass is 217 g/mol. The van der Waals surface area contributed by atoms with Crippen LogP contribution in [-0.4, -0.2) is 20.5 Å². The summed E-state index contributed by atoms with van der Waals surface area (Å²) in [7, 11) is 0. The standard InChI is InChI=1S/C7H8ClN3O3/c1-2-5(12)3-10-4-6(8)7(9-10)11(13)14/h4H,2-3H2,1H3. The molecule has 1 heterocycles. The third-order valence-corrected chi connectivity index (χ3v) is 1.87. The molecule has 0 N–H and O–H groups in total. The topological polar surface area (TPSA) is 78.0 Å². The fraction of sp³-hybridized carbons (Fsp3) is 0.429. The van der Waals surface area contributed by atoms with Gasteiger partial charge in [-0.3, -0.25) is 4.79 Å². The second-order valence-electron chi connectivity index (χ2n) is 2.65. The van der Waals surface area contributed by atoms with Gasteiger partial charge in [-0.1, -0.05) is 18.5 Å². The van der Waals surface area contributed by atoms with Crippen LogP contribution in [0.5, 0.6) is 0 Å². The molecule has 0 radical (unpaired) electrons. The van der Waals surface area contributed by atoms with Gasteiger partial charge in [0.15, 0.2) is 10.8 Å². The van der Waals surface area contributed by atoms with Crippen molar-refractivity contribution >= 4 is 23.2 Å². The highest BCUT2D eigenvalue weighted by Crippen LogP contribution is 2.21. The zero-order valence-corrected chi connectivity index (χ0v) is 8.19. The molecular weight excluding hydrogens is 210 g/mol. The van der Waals surface area contributed by atoms with E-state index in [1.807, 2.05) is 0 Å². The fourth-order valence-electron chi connectivity index (χ4n) is 0.884. The first-order valence-corrected chi connectivity index (χ1v) is 4.31. The molecule has 0 aliphatic carbocycles. The van der Waals surface area contributed by atoms with E-state index in [2.05, 4.69) is 5.10 Å². The molecule has 0 saturated carbocycles. The lowest BCUT2D eigenvalue weighted by molar-refractivity contribution is -0.389. The predicted molar refractivity (Wildman–Crippen MR) is 49.2 cm³/mol. The molecule has 0 bridgehead atoms. The van der Waals surface area contributed by atoms with Crippen LogP contribution in [0, 0.1) is 10.1 Å². The third kappa shape index (κ3) is 2.29. The van der Waals surface area contributed by atoms with E-state index in [-0.39, 0.29) is 17.4 Å². The quantitative estimate of drug-likeness (QED) is 0.565. The molecule has 1 aromatic rings. The van der Waals surface area contributed by atoms with Crippen LogP contribution in [0.4, 0.5) is 5.82 Å². The molecule has 1 rings (SSSR count). The number of Topliss-reactive ketones (excluding diaryl/α,β-unsaturated/α-hetero) is 1. The second kappa shape index (κ2) is 4.19. The molecule has 0 aromatic carbocycles. The lowest BCUT2D eigenvalue weighted by Gasteiger charge is -1.91. The minimum Gasteiger partial charge on any atom is -0.358 e. The molecule has 76 valence electrons. The normalized spacial score (nSPS) is 10.1. The van der Waals surface area contributed by atoms with Crippen molar-refractivity contribution in [2.75, 3.05) is 0 Å². The number of carbonyl (C=O) groups excluding carboxylic acids is 1. The summed E-state index contributed by atoms with van der Waals surface area (Å²) in [6.07, 6.45) is 1.64. The Bertz CT molecular complexity index is 374. The van der Waals surface area contributed by atoms with E-state index < -0.39 is 10.7 Å². The molecule has 14 heavy (non-hydrogen) atoms. The van der Waals surface area contributed by atoms with Crippen LogP contribution < -0.4 is 0 Å². The van der Waals surface area contributed by atoms with Crippen molar-refractivity contribution in [1.29, 1.82) is 0 Å². The number of aromatic nitrogens is 2. The van der Waals surface area contributed by atoms with E-state index in [1.165, 1.54) is 10.9 Å². The first-order valence-electron chi connectivity index (χ1n) is 3.93. The highest BCUT2D eigenvalue weighted by atomic mass is 35.5. The predicted octanol–water partition coefficient (Wildman–Crippen LogP) is 1.42. The molecule has 1 aromatic heterocycles. The van der Waals surface area contributed by atoms with E-state index in [0.717, 1.165) is 0 Å². The minimum absolute atomic E-state index is 0.0179. The summed E-state index contributed by atoms with van der Waals surface area (Å²) in [5.41, 5.74) is 0. The van der Waals surface area contributed by atoms with Gasteiger partial charge in [-0.25, -0.2) is 0 Å². The van der Waals surface area contributed by atoms with Crippen molar-refractivity contribution in [2.45, 2.75) is 19.9 Å². The Kier molecular flexibility index (Phi) is 3.19. The Hall–Kier alpha value is -1.43. The van der Waals surface area contributed by atoms with Gasteiger partial charge in [0.1, 0.15) is 6.54 Å². The van der Waals surface area contributed by atoms with Crippen molar-refractivity contribution < 1.29 is 9.72 Å². The Morgan fingerprint density at radius 3 is 2.86 bits per heavy atom. The number of carbonyl (C=O) groups is 1. The first-order chi connectivity index (χ1) is 6.54. The van der Waals surface area contributed by atoms with Crippen LogP contribution in [0.25, 0.3) is 0 Å². The van der Waals surface area contributed by atoms with Gasteiger partial charge in [0.25, 0.3) is 0 Å². The number of rotatable bonds is 4. The fourth-order valence-corrected chi connectivity index (χ4v) is 1.10. The smallest absolute Gasteiger partial charge is 0.358 e. The maximum Gasteiger partial charge on any atom is 0.408 e. The lowest BCUT2D eigenvalue weighted by Crippen LogP contribution is -2.09. The van der Waals surface area contributed by atoms with Crippen molar-refractivity contribution in [3.05, 3.63) is 21.3 Å². The van der Waals surface area contributed by atoms with Crippen LogP contribution in [0.2, 0.25) is 5.02 Å². The van der Waals surface area contributed by atoms with Gasteiger partial charge in [-0.2, -0.15) is 4.68 Å². The van der Waals surface area contributed by atoms with E-state index >= 15 is 0 Å². The minimum atomic E-state index is -0.685. The van der Waals surface area contributed by atoms with Crippen LogP contribution >= 0.6 is 11.6 Å². The zero-order valence-electron chi connectivity index (χ0n) is 7.44. The van der Waals surface area contributed by atoms with E-state index in [9.17, 15) is 14.9 Å². The van der Waals surface area contributed by atoms with Crippen molar-refractivity contribution in [1.82, 2.24) is 9.78 Å². The summed E-state index contributed by atoms with van der Waals surface area (Å²) in [5, 5.41) is 13.9. The molecule has 7 heteroatoms. The SMILES string of the molecule is CCC(=O)Cn1cc(Cl)c([N+](=O)[O-])n1. The Balaban J connectivity index is 2.86. The average molecular weight is 218 g/mol. The first kappa shape index (κ1) is 10.6. The van der Waals surface area contributed by atoms with Crippen LogP contribution in [0.15, 0.2) is 6.20 Å². The summed E-state index contributed by atoms with van der Waals surface area (Å²) >= 11 is 5.53. The average Bonchev–Trinajstić information content (AvgIpc) is 2.46. The molecule has 6 nitrogen and oxygen atoms in total. The number of ketones is 1. The maximum absolute atomic E-state index is 11.0. The Morgan fingerprint density at radius 1 is 1.79 bits per heavy atom. The summed E-state index contributed by atoms with van der Waals surface area (Å²) in [6, 6.07) is 0. The molecular formula is C7H8ClN3O3. The van der Waals surface area contributed by atoms with Crippen molar-refractivity contribution in [3.8, 4) is 0 Å². The van der Waals surface area contributed by atoms with Crippen LogP contribution in [0.3, 0.4) is 0 Å². The molecule has 0 atom stereocenters. The van der Waals surface area contributed by atoms with Gasteiger partial charge in [0, 0.05) is 6.42 Å². The van der Waals surface area contributed by atoms with Gasteiger partial charge in [0.2, 0.25) is 0 Å². The molecule has 0 fully saturated rings. The number of hydrogen-bond donors (Lipinski definition) is 0. The molecule has 0 amide bonds. The molecule has 0 aliphatic rings. The number of nitrogens with zero attached hydrogens (tertiary/aromatic N) is 3. The maximum atomic E-state index is 11.0. The Morgan fingerprint density at radius 2 is 2.43 bits per heavy atom. The van der Waals surface area contributed by atoms with Gasteiger partial charge < -0.3 is 10.1 Å². The van der Waals surface area contributed by atoms with E-state index in [1.54, 1.807) is 6.92 Å². The number of nitro groups is 1. The number of halogens is 1.